The van der Waals surface area contributed by atoms with Crippen LogP contribution in [0.25, 0.3) is 0 Å². The Morgan fingerprint density at radius 3 is 1.88 bits per heavy atom. The summed E-state index contributed by atoms with van der Waals surface area (Å²) in [4.78, 5) is 20.8. The summed E-state index contributed by atoms with van der Waals surface area (Å²) in [5, 5.41) is 0. The monoisotopic (exact) mass is 112 g/mol. The van der Waals surface area contributed by atoms with Gasteiger partial charge >= 0.3 is 11.9 Å². The fraction of sp³-hybridized carbons (Fsp3) is 0.600. The molecule has 2 atom stereocenters. The summed E-state index contributed by atoms with van der Waals surface area (Å²) in [5.74, 6) is -0.745. The van der Waals surface area contributed by atoms with E-state index in [1.54, 1.807) is 0 Å². The molecule has 8 heavy (non-hydrogen) atoms. The summed E-state index contributed by atoms with van der Waals surface area (Å²) in [6.45, 7) is 0. The first kappa shape index (κ1) is 4.06. The average Bonchev–Trinajstić information content (AvgIpc) is 2.35. The van der Waals surface area contributed by atoms with Crippen molar-refractivity contribution in [1.29, 1.82) is 0 Å². The molecule has 2 rings (SSSR count). The summed E-state index contributed by atoms with van der Waals surface area (Å²) in [6, 6.07) is 0. The number of esters is 2. The van der Waals surface area contributed by atoms with Crippen LogP contribution in [-0.2, 0) is 14.3 Å². The lowest BCUT2D eigenvalue weighted by Crippen LogP contribution is -2.03. The average molecular weight is 112 g/mol. The van der Waals surface area contributed by atoms with Gasteiger partial charge in [-0.2, -0.15) is 0 Å². The number of carbonyl (C=O) groups excluding carboxylic acids is 2. The van der Waals surface area contributed by atoms with E-state index in [2.05, 4.69) is 4.74 Å². The maximum absolute atomic E-state index is 10.4. The summed E-state index contributed by atoms with van der Waals surface area (Å²) in [6.07, 6.45) is 0.734. The van der Waals surface area contributed by atoms with Crippen molar-refractivity contribution in [3.63, 3.8) is 0 Å². The molecule has 0 N–H and O–H groups in total. The van der Waals surface area contributed by atoms with Gasteiger partial charge in [0.25, 0.3) is 0 Å². The van der Waals surface area contributed by atoms with Gasteiger partial charge in [-0.3, -0.25) is 9.59 Å². The Labute approximate surface area is 45.6 Å². The molecular formula is C5H4O3. The van der Waals surface area contributed by atoms with Crippen LogP contribution in [0.3, 0.4) is 0 Å². The fourth-order valence-electron chi connectivity index (χ4n) is 0.967. The first-order chi connectivity index (χ1) is 3.79. The van der Waals surface area contributed by atoms with Crippen LogP contribution in [0, 0.1) is 11.8 Å². The van der Waals surface area contributed by atoms with E-state index in [-0.39, 0.29) is 23.8 Å². The quantitative estimate of drug-likeness (QED) is 0.319. The maximum atomic E-state index is 10.4. The van der Waals surface area contributed by atoms with E-state index in [1.807, 2.05) is 0 Å². The molecule has 0 radical (unpaired) electrons. The minimum Gasteiger partial charge on any atom is -0.393 e. The van der Waals surface area contributed by atoms with Crippen LogP contribution in [-0.4, -0.2) is 11.9 Å². The zero-order valence-corrected chi connectivity index (χ0v) is 4.09. The molecule has 0 aromatic heterocycles. The van der Waals surface area contributed by atoms with E-state index < -0.39 is 0 Å². The van der Waals surface area contributed by atoms with Gasteiger partial charge in [-0.15, -0.1) is 0 Å². The van der Waals surface area contributed by atoms with Gasteiger partial charge in [-0.05, 0) is 6.42 Å². The molecule has 3 nitrogen and oxygen atoms in total. The third-order valence-electron chi connectivity index (χ3n) is 1.60. The molecule has 1 aliphatic carbocycles. The summed E-state index contributed by atoms with van der Waals surface area (Å²) >= 11 is 0. The molecule has 2 fully saturated rings. The SMILES string of the molecule is O=C1OC(=O)[C@@H]2C[C@@H]12. The zero-order valence-electron chi connectivity index (χ0n) is 4.09. The first-order valence-corrected chi connectivity index (χ1v) is 2.54. The summed E-state index contributed by atoms with van der Waals surface area (Å²) in [7, 11) is 0. The second-order valence-electron chi connectivity index (χ2n) is 2.19. The Morgan fingerprint density at radius 2 is 1.75 bits per heavy atom. The van der Waals surface area contributed by atoms with E-state index in [4.69, 9.17) is 0 Å². The van der Waals surface area contributed by atoms with Crippen LogP contribution in [0.2, 0.25) is 0 Å². The number of carbonyl (C=O) groups is 2. The minimum absolute atomic E-state index is 0.0532. The molecule has 2 aliphatic rings. The highest BCUT2D eigenvalue weighted by Gasteiger charge is 2.57. The molecule has 0 amide bonds. The summed E-state index contributed by atoms with van der Waals surface area (Å²) < 4.78 is 4.25. The number of hydrogen-bond acceptors (Lipinski definition) is 3. The molecule has 1 aliphatic heterocycles. The van der Waals surface area contributed by atoms with Gasteiger partial charge in [-0.1, -0.05) is 0 Å². The van der Waals surface area contributed by atoms with Crippen LogP contribution in [0.1, 0.15) is 6.42 Å². The highest BCUT2D eigenvalue weighted by Crippen LogP contribution is 2.45. The smallest absolute Gasteiger partial charge is 0.317 e. The maximum Gasteiger partial charge on any atom is 0.317 e. The number of cyclic esters (lactones) is 2. The molecule has 1 saturated carbocycles. The Kier molecular flexibility index (Phi) is 0.477. The first-order valence-electron chi connectivity index (χ1n) is 2.54. The van der Waals surface area contributed by atoms with Crippen molar-refractivity contribution in [2.24, 2.45) is 11.8 Å². The lowest BCUT2D eigenvalue weighted by atomic mass is 10.4. The minimum atomic E-state index is -0.319. The van der Waals surface area contributed by atoms with Crippen molar-refractivity contribution in [3.8, 4) is 0 Å². The lowest BCUT2D eigenvalue weighted by molar-refractivity contribution is -0.155. The molecule has 3 heteroatoms. The molecule has 0 aromatic carbocycles. The van der Waals surface area contributed by atoms with Crippen molar-refractivity contribution < 1.29 is 14.3 Å². The lowest BCUT2D eigenvalue weighted by Gasteiger charge is -1.87. The predicted octanol–water partition coefficient (Wildman–Crippen LogP) is -0.294. The van der Waals surface area contributed by atoms with Gasteiger partial charge in [0, 0.05) is 0 Å². The molecule has 1 heterocycles. The number of hydrogen-bond donors (Lipinski definition) is 0. The van der Waals surface area contributed by atoms with Crippen LogP contribution in [0.5, 0.6) is 0 Å². The molecule has 42 valence electrons. The Hall–Kier alpha value is -0.860. The largest absolute Gasteiger partial charge is 0.393 e. The van der Waals surface area contributed by atoms with E-state index in [9.17, 15) is 9.59 Å². The highest BCUT2D eigenvalue weighted by atomic mass is 16.6. The summed E-state index contributed by atoms with van der Waals surface area (Å²) in [5.41, 5.74) is 0. The topological polar surface area (TPSA) is 43.4 Å². The molecule has 0 spiro atoms. The van der Waals surface area contributed by atoms with E-state index in [0.29, 0.717) is 0 Å². The standard InChI is InChI=1S/C5H4O3/c6-4-2-1-3(2)5(7)8-4/h2-3H,1H2/t2-,3-/m1/s1. The van der Waals surface area contributed by atoms with E-state index >= 15 is 0 Å². The van der Waals surface area contributed by atoms with Gasteiger partial charge in [0.1, 0.15) is 0 Å². The van der Waals surface area contributed by atoms with E-state index in [1.165, 1.54) is 0 Å². The van der Waals surface area contributed by atoms with Gasteiger partial charge in [0.2, 0.25) is 0 Å². The molecular weight excluding hydrogens is 108 g/mol. The number of ether oxygens (including phenoxy) is 1. The molecule has 1 saturated heterocycles. The normalized spacial score (nSPS) is 41.5. The van der Waals surface area contributed by atoms with Crippen molar-refractivity contribution >= 4 is 11.9 Å². The molecule has 0 unspecified atom stereocenters. The third kappa shape index (κ3) is 0.300. The van der Waals surface area contributed by atoms with Gasteiger partial charge < -0.3 is 4.74 Å². The highest BCUT2D eigenvalue weighted by molar-refractivity contribution is 6.00. The Balaban J connectivity index is 2.31. The molecule has 0 aromatic rings. The fourth-order valence-corrected chi connectivity index (χ4v) is 0.967. The van der Waals surface area contributed by atoms with Crippen LogP contribution in [0.15, 0.2) is 0 Å². The number of fused-ring (bicyclic) bond motifs is 1. The van der Waals surface area contributed by atoms with Crippen molar-refractivity contribution in [2.75, 3.05) is 0 Å². The third-order valence-corrected chi connectivity index (χ3v) is 1.60. The second-order valence-corrected chi connectivity index (χ2v) is 2.19. The van der Waals surface area contributed by atoms with Crippen LogP contribution in [0.4, 0.5) is 0 Å². The second kappa shape index (κ2) is 0.940. The number of rotatable bonds is 0. The van der Waals surface area contributed by atoms with Crippen molar-refractivity contribution in [3.05, 3.63) is 0 Å². The van der Waals surface area contributed by atoms with Crippen molar-refractivity contribution in [2.45, 2.75) is 6.42 Å². The van der Waals surface area contributed by atoms with Gasteiger partial charge in [0.05, 0.1) is 11.8 Å². The van der Waals surface area contributed by atoms with Crippen molar-refractivity contribution in [1.82, 2.24) is 0 Å². The van der Waals surface area contributed by atoms with Gasteiger partial charge in [-0.25, -0.2) is 0 Å². The predicted molar refractivity (Wildman–Crippen MR) is 22.7 cm³/mol. The van der Waals surface area contributed by atoms with Gasteiger partial charge in [0.15, 0.2) is 0 Å². The van der Waals surface area contributed by atoms with Crippen LogP contribution < -0.4 is 0 Å². The molecule has 0 bridgehead atoms. The van der Waals surface area contributed by atoms with Crippen LogP contribution >= 0.6 is 0 Å². The zero-order chi connectivity index (χ0) is 5.72. The Morgan fingerprint density at radius 1 is 1.25 bits per heavy atom. The Bertz CT molecular complexity index is 155. The van der Waals surface area contributed by atoms with E-state index in [0.717, 1.165) is 6.42 Å².